The van der Waals surface area contributed by atoms with Crippen LogP contribution in [0.5, 0.6) is 0 Å². The minimum Gasteiger partial charge on any atom is -0.249 e. The standard InChI is InChI=1S/C19H20N2/c1-3-4-10-17-19(15-8-6-5-7-9-15)21-16-12-11-14(2)13-18(16)20-17/h5-9,11-13H,3-4,10H2,1-2H3. The Labute approximate surface area is 125 Å². The molecule has 1 aromatic heterocycles. The molecule has 0 saturated heterocycles. The Morgan fingerprint density at radius 1 is 0.905 bits per heavy atom. The van der Waals surface area contributed by atoms with Crippen molar-refractivity contribution in [3.63, 3.8) is 0 Å². The smallest absolute Gasteiger partial charge is 0.0925 e. The fourth-order valence-electron chi connectivity index (χ4n) is 2.55. The lowest BCUT2D eigenvalue weighted by molar-refractivity contribution is 0.778. The Balaban J connectivity index is 2.18. The van der Waals surface area contributed by atoms with Crippen molar-refractivity contribution in [3.8, 4) is 11.3 Å². The third-order valence-electron chi connectivity index (χ3n) is 3.71. The second-order valence-corrected chi connectivity index (χ2v) is 5.48. The lowest BCUT2D eigenvalue weighted by Gasteiger charge is -2.10. The molecule has 0 bridgehead atoms. The molecule has 0 N–H and O–H groups in total. The van der Waals surface area contributed by atoms with Gasteiger partial charge in [-0.15, -0.1) is 0 Å². The maximum atomic E-state index is 4.89. The first kappa shape index (κ1) is 13.7. The summed E-state index contributed by atoms with van der Waals surface area (Å²) in [5, 5.41) is 0. The van der Waals surface area contributed by atoms with Gasteiger partial charge in [-0.2, -0.15) is 0 Å². The molecular formula is C19H20N2. The molecule has 0 saturated carbocycles. The van der Waals surface area contributed by atoms with Crippen molar-refractivity contribution in [2.45, 2.75) is 33.1 Å². The van der Waals surface area contributed by atoms with Crippen LogP contribution in [-0.4, -0.2) is 9.97 Å². The van der Waals surface area contributed by atoms with Crippen LogP contribution in [0.25, 0.3) is 22.3 Å². The number of fused-ring (bicyclic) bond motifs is 1. The van der Waals surface area contributed by atoms with Gasteiger partial charge in [-0.1, -0.05) is 49.7 Å². The minimum atomic E-state index is 0.972. The van der Waals surface area contributed by atoms with Crippen LogP contribution in [0.4, 0.5) is 0 Å². The van der Waals surface area contributed by atoms with Crippen molar-refractivity contribution in [2.24, 2.45) is 0 Å². The molecule has 0 aliphatic rings. The molecule has 3 aromatic rings. The lowest BCUT2D eigenvalue weighted by atomic mass is 10.1. The summed E-state index contributed by atoms with van der Waals surface area (Å²) in [5.41, 5.74) is 6.49. The molecule has 0 atom stereocenters. The van der Waals surface area contributed by atoms with E-state index < -0.39 is 0 Å². The van der Waals surface area contributed by atoms with E-state index in [9.17, 15) is 0 Å². The Morgan fingerprint density at radius 3 is 2.48 bits per heavy atom. The van der Waals surface area contributed by atoms with Gasteiger partial charge >= 0.3 is 0 Å². The van der Waals surface area contributed by atoms with Gasteiger partial charge in [0.25, 0.3) is 0 Å². The normalized spacial score (nSPS) is 11.0. The SMILES string of the molecule is CCCCc1nc2cc(C)ccc2nc1-c1ccccc1. The second-order valence-electron chi connectivity index (χ2n) is 5.48. The van der Waals surface area contributed by atoms with Gasteiger partial charge < -0.3 is 0 Å². The molecule has 2 nitrogen and oxygen atoms in total. The molecule has 21 heavy (non-hydrogen) atoms. The largest absolute Gasteiger partial charge is 0.249 e. The Morgan fingerprint density at radius 2 is 1.71 bits per heavy atom. The first-order valence-electron chi connectivity index (χ1n) is 7.60. The number of rotatable bonds is 4. The highest BCUT2D eigenvalue weighted by Crippen LogP contribution is 2.24. The second kappa shape index (κ2) is 6.04. The van der Waals surface area contributed by atoms with E-state index in [4.69, 9.17) is 9.97 Å². The van der Waals surface area contributed by atoms with Gasteiger partial charge in [0, 0.05) is 5.56 Å². The molecule has 2 heteroatoms. The van der Waals surface area contributed by atoms with E-state index in [1.165, 1.54) is 12.0 Å². The summed E-state index contributed by atoms with van der Waals surface area (Å²) in [6.07, 6.45) is 3.30. The molecular weight excluding hydrogens is 256 g/mol. The van der Waals surface area contributed by atoms with E-state index >= 15 is 0 Å². The third kappa shape index (κ3) is 2.94. The molecule has 0 aliphatic heterocycles. The highest BCUT2D eigenvalue weighted by molar-refractivity contribution is 5.79. The summed E-state index contributed by atoms with van der Waals surface area (Å²) in [4.78, 5) is 9.76. The average Bonchev–Trinajstić information content (AvgIpc) is 2.52. The van der Waals surface area contributed by atoms with Crippen LogP contribution < -0.4 is 0 Å². The topological polar surface area (TPSA) is 25.8 Å². The minimum absolute atomic E-state index is 0.972. The molecule has 0 spiro atoms. The van der Waals surface area contributed by atoms with Crippen molar-refractivity contribution >= 4 is 11.0 Å². The highest BCUT2D eigenvalue weighted by atomic mass is 14.8. The van der Waals surface area contributed by atoms with Crippen molar-refractivity contribution in [3.05, 3.63) is 59.8 Å². The van der Waals surface area contributed by atoms with Gasteiger partial charge in [-0.3, -0.25) is 0 Å². The summed E-state index contributed by atoms with van der Waals surface area (Å²) in [6, 6.07) is 16.6. The van der Waals surface area contributed by atoms with Crippen LogP contribution in [-0.2, 0) is 6.42 Å². The fourth-order valence-corrected chi connectivity index (χ4v) is 2.55. The summed E-state index contributed by atoms with van der Waals surface area (Å²) in [5.74, 6) is 0. The van der Waals surface area contributed by atoms with E-state index in [1.54, 1.807) is 0 Å². The maximum Gasteiger partial charge on any atom is 0.0925 e. The van der Waals surface area contributed by atoms with Gasteiger partial charge in [0.05, 0.1) is 22.4 Å². The van der Waals surface area contributed by atoms with Gasteiger partial charge in [0.2, 0.25) is 0 Å². The van der Waals surface area contributed by atoms with E-state index in [0.29, 0.717) is 0 Å². The first-order chi connectivity index (χ1) is 10.3. The van der Waals surface area contributed by atoms with Crippen LogP contribution in [0.1, 0.15) is 31.0 Å². The van der Waals surface area contributed by atoms with E-state index in [1.807, 2.05) is 6.07 Å². The Kier molecular flexibility index (Phi) is 3.96. The summed E-state index contributed by atoms with van der Waals surface area (Å²) in [7, 11) is 0. The molecule has 0 aliphatic carbocycles. The van der Waals surface area contributed by atoms with Crippen molar-refractivity contribution in [1.29, 1.82) is 0 Å². The zero-order valence-electron chi connectivity index (χ0n) is 12.6. The molecule has 106 valence electrons. The third-order valence-corrected chi connectivity index (χ3v) is 3.71. The summed E-state index contributed by atoms with van der Waals surface area (Å²) in [6.45, 7) is 4.30. The maximum absolute atomic E-state index is 4.89. The van der Waals surface area contributed by atoms with Crippen LogP contribution in [0.3, 0.4) is 0 Å². The number of nitrogens with zero attached hydrogens (tertiary/aromatic N) is 2. The molecule has 0 amide bonds. The van der Waals surface area contributed by atoms with Gasteiger partial charge in [-0.05, 0) is 37.5 Å². The Bertz CT molecular complexity index is 748. The van der Waals surface area contributed by atoms with Crippen molar-refractivity contribution < 1.29 is 0 Å². The number of unbranched alkanes of at least 4 members (excludes halogenated alkanes) is 1. The quantitative estimate of drug-likeness (QED) is 0.674. The molecule has 1 heterocycles. The lowest BCUT2D eigenvalue weighted by Crippen LogP contribution is -1.99. The van der Waals surface area contributed by atoms with Gasteiger partial charge in [-0.25, -0.2) is 9.97 Å². The first-order valence-corrected chi connectivity index (χ1v) is 7.60. The molecule has 0 unspecified atom stereocenters. The van der Waals surface area contributed by atoms with E-state index in [0.717, 1.165) is 40.8 Å². The molecule has 0 radical (unpaired) electrons. The number of benzene rings is 2. The van der Waals surface area contributed by atoms with Crippen molar-refractivity contribution in [2.75, 3.05) is 0 Å². The predicted octanol–water partition coefficient (Wildman–Crippen LogP) is 4.95. The molecule has 3 rings (SSSR count). The number of hydrogen-bond donors (Lipinski definition) is 0. The highest BCUT2D eigenvalue weighted by Gasteiger charge is 2.10. The van der Waals surface area contributed by atoms with Crippen LogP contribution in [0.2, 0.25) is 0 Å². The Hall–Kier alpha value is -2.22. The summed E-state index contributed by atoms with van der Waals surface area (Å²) < 4.78 is 0. The number of aromatic nitrogens is 2. The van der Waals surface area contributed by atoms with E-state index in [2.05, 4.69) is 56.3 Å². The molecule has 0 fully saturated rings. The van der Waals surface area contributed by atoms with Crippen molar-refractivity contribution in [1.82, 2.24) is 9.97 Å². The predicted molar refractivity (Wildman–Crippen MR) is 88.3 cm³/mol. The number of aryl methyl sites for hydroxylation is 2. The zero-order valence-corrected chi connectivity index (χ0v) is 12.6. The van der Waals surface area contributed by atoms with Crippen LogP contribution in [0.15, 0.2) is 48.5 Å². The van der Waals surface area contributed by atoms with Gasteiger partial charge in [0.15, 0.2) is 0 Å². The number of hydrogen-bond acceptors (Lipinski definition) is 2. The fraction of sp³-hybridized carbons (Fsp3) is 0.263. The summed E-state index contributed by atoms with van der Waals surface area (Å²) >= 11 is 0. The van der Waals surface area contributed by atoms with E-state index in [-0.39, 0.29) is 0 Å². The monoisotopic (exact) mass is 276 g/mol. The zero-order chi connectivity index (χ0) is 14.7. The average molecular weight is 276 g/mol. The van der Waals surface area contributed by atoms with Gasteiger partial charge in [0.1, 0.15) is 0 Å². The molecule has 2 aromatic carbocycles. The van der Waals surface area contributed by atoms with Crippen LogP contribution in [0, 0.1) is 6.92 Å². The van der Waals surface area contributed by atoms with Crippen LogP contribution >= 0.6 is 0 Å².